The number of rotatable bonds is 3. The number of aliphatic imine (C=N–C) groups is 1. The first-order chi connectivity index (χ1) is 6.63. The number of hydroxylamine groups is 1. The number of nitrogens with two attached hydrogens (primary N) is 1. The Kier molecular flexibility index (Phi) is 3.49. The minimum Gasteiger partial charge on any atom is -0.320 e. The maximum Gasteiger partial charge on any atom is 0.260 e. The molecular weight excluding hydrogens is 186 g/mol. The van der Waals surface area contributed by atoms with Gasteiger partial charge in [-0.05, 0) is 0 Å². The summed E-state index contributed by atoms with van der Waals surface area (Å²) in [6.45, 7) is 0. The second-order valence-corrected chi connectivity index (χ2v) is 2.90. The van der Waals surface area contributed by atoms with Gasteiger partial charge < -0.3 is 5.73 Å². The zero-order valence-corrected chi connectivity index (χ0v) is 7.43. The lowest BCUT2D eigenvalue weighted by atomic mass is 10.1. The number of nitrogens with zero attached hydrogens (tertiary/aromatic N) is 1. The zero-order chi connectivity index (χ0) is 10.6. The van der Waals surface area contributed by atoms with E-state index in [2.05, 4.69) is 4.99 Å². The van der Waals surface area contributed by atoms with E-state index >= 15 is 0 Å². The third-order valence-electron chi connectivity index (χ3n) is 1.75. The van der Waals surface area contributed by atoms with Crippen LogP contribution in [0.1, 0.15) is 12.8 Å². The number of carbonyl (C=O) groups is 2. The van der Waals surface area contributed by atoms with Crippen molar-refractivity contribution in [1.29, 1.82) is 0 Å². The van der Waals surface area contributed by atoms with Crippen molar-refractivity contribution in [2.75, 3.05) is 0 Å². The molecule has 1 heterocycles. The molecule has 1 unspecified atom stereocenters. The quantitative estimate of drug-likeness (QED) is 0.404. The van der Waals surface area contributed by atoms with Gasteiger partial charge in [-0.3, -0.25) is 19.8 Å². The number of amides is 1. The highest BCUT2D eigenvalue weighted by Gasteiger charge is 2.16. The summed E-state index contributed by atoms with van der Waals surface area (Å²) in [5.41, 5.74) is 7.30. The number of hydrogen-bond acceptors (Lipinski definition) is 5. The van der Waals surface area contributed by atoms with E-state index in [0.717, 1.165) is 0 Å². The SMILES string of the molecule is NC(CC1=CC(=O)CC=N1)C(=O)NO. The molecule has 6 nitrogen and oxygen atoms in total. The van der Waals surface area contributed by atoms with Crippen molar-refractivity contribution < 1.29 is 14.8 Å². The van der Waals surface area contributed by atoms with Gasteiger partial charge in [0.05, 0.1) is 6.04 Å². The van der Waals surface area contributed by atoms with Gasteiger partial charge in [0.15, 0.2) is 5.78 Å². The van der Waals surface area contributed by atoms with Gasteiger partial charge in [0.2, 0.25) is 0 Å². The van der Waals surface area contributed by atoms with Gasteiger partial charge in [0, 0.05) is 30.8 Å². The van der Waals surface area contributed by atoms with Crippen LogP contribution in [0.15, 0.2) is 16.8 Å². The first kappa shape index (κ1) is 10.6. The summed E-state index contributed by atoms with van der Waals surface area (Å²) in [6, 6.07) is -0.894. The predicted octanol–water partition coefficient (Wildman–Crippen LogP) is -0.863. The molecule has 0 aromatic rings. The lowest BCUT2D eigenvalue weighted by Crippen LogP contribution is -2.39. The molecule has 0 fully saturated rings. The highest BCUT2D eigenvalue weighted by atomic mass is 16.5. The first-order valence-electron chi connectivity index (χ1n) is 4.09. The average Bonchev–Trinajstić information content (AvgIpc) is 2.16. The Hall–Kier alpha value is -1.53. The molecule has 6 heteroatoms. The molecular formula is C8H11N3O3. The fraction of sp³-hybridized carbons (Fsp3) is 0.375. The molecule has 1 amide bonds. The molecule has 0 aromatic carbocycles. The normalized spacial score (nSPS) is 17.6. The van der Waals surface area contributed by atoms with Crippen LogP contribution < -0.4 is 11.2 Å². The molecule has 76 valence electrons. The standard InChI is InChI=1S/C8H11N3O3/c9-7(8(13)11-14)4-5-3-6(12)1-2-10-5/h2-3,7,14H,1,4,9H2,(H,11,13). The van der Waals surface area contributed by atoms with Crippen LogP contribution in [0.2, 0.25) is 0 Å². The molecule has 1 aliphatic rings. The van der Waals surface area contributed by atoms with Crippen LogP contribution in [-0.2, 0) is 9.59 Å². The third kappa shape index (κ3) is 2.75. The molecule has 0 bridgehead atoms. The van der Waals surface area contributed by atoms with E-state index in [0.29, 0.717) is 5.70 Å². The Morgan fingerprint density at radius 1 is 1.79 bits per heavy atom. The van der Waals surface area contributed by atoms with E-state index in [1.54, 1.807) is 0 Å². The maximum atomic E-state index is 10.9. The van der Waals surface area contributed by atoms with E-state index < -0.39 is 11.9 Å². The van der Waals surface area contributed by atoms with E-state index in [-0.39, 0.29) is 18.6 Å². The van der Waals surface area contributed by atoms with E-state index in [4.69, 9.17) is 10.9 Å². The largest absolute Gasteiger partial charge is 0.320 e. The molecule has 0 spiro atoms. The number of nitrogens with one attached hydrogen (secondary N) is 1. The van der Waals surface area contributed by atoms with Crippen molar-refractivity contribution in [3.63, 3.8) is 0 Å². The lowest BCUT2D eigenvalue weighted by Gasteiger charge is -2.10. The molecule has 0 saturated heterocycles. The van der Waals surface area contributed by atoms with Gasteiger partial charge in [0.25, 0.3) is 5.91 Å². The number of allylic oxidation sites excluding steroid dienone is 1. The van der Waals surface area contributed by atoms with Gasteiger partial charge in [-0.1, -0.05) is 0 Å². The number of carbonyl (C=O) groups excluding carboxylic acids is 2. The van der Waals surface area contributed by atoms with Crippen LogP contribution in [0.4, 0.5) is 0 Å². The van der Waals surface area contributed by atoms with E-state index in [9.17, 15) is 9.59 Å². The van der Waals surface area contributed by atoms with Gasteiger partial charge in [0.1, 0.15) is 0 Å². The molecule has 0 aromatic heterocycles. The Bertz CT molecular complexity index is 309. The summed E-state index contributed by atoms with van der Waals surface area (Å²) < 4.78 is 0. The van der Waals surface area contributed by atoms with Gasteiger partial charge in [-0.25, -0.2) is 5.48 Å². The Morgan fingerprint density at radius 2 is 2.50 bits per heavy atom. The van der Waals surface area contributed by atoms with Crippen LogP contribution in [0.25, 0.3) is 0 Å². The Labute approximate surface area is 80.5 Å². The van der Waals surface area contributed by atoms with Crippen molar-refractivity contribution in [3.05, 3.63) is 11.8 Å². The lowest BCUT2D eigenvalue weighted by molar-refractivity contribution is -0.130. The zero-order valence-electron chi connectivity index (χ0n) is 7.43. The molecule has 0 saturated carbocycles. The van der Waals surface area contributed by atoms with Crippen LogP contribution in [-0.4, -0.2) is 29.2 Å². The molecule has 1 aliphatic heterocycles. The highest BCUT2D eigenvalue weighted by molar-refractivity contribution is 6.01. The third-order valence-corrected chi connectivity index (χ3v) is 1.75. The van der Waals surface area contributed by atoms with Gasteiger partial charge in [-0.2, -0.15) is 0 Å². The minimum absolute atomic E-state index is 0.0633. The molecule has 4 N–H and O–H groups in total. The average molecular weight is 197 g/mol. The number of ketones is 1. The van der Waals surface area contributed by atoms with Crippen molar-refractivity contribution in [2.45, 2.75) is 18.9 Å². The predicted molar refractivity (Wildman–Crippen MR) is 48.7 cm³/mol. The summed E-state index contributed by atoms with van der Waals surface area (Å²) in [7, 11) is 0. The van der Waals surface area contributed by atoms with Crippen LogP contribution in [0.3, 0.4) is 0 Å². The highest BCUT2D eigenvalue weighted by Crippen LogP contribution is 2.10. The summed E-state index contributed by atoms with van der Waals surface area (Å²) >= 11 is 0. The Balaban J connectivity index is 2.56. The molecule has 1 rings (SSSR count). The van der Waals surface area contributed by atoms with Crippen LogP contribution >= 0.6 is 0 Å². The van der Waals surface area contributed by atoms with E-state index in [1.807, 2.05) is 0 Å². The summed E-state index contributed by atoms with van der Waals surface area (Å²) in [6.07, 6.45) is 3.24. The molecule has 14 heavy (non-hydrogen) atoms. The first-order valence-corrected chi connectivity index (χ1v) is 4.09. The van der Waals surface area contributed by atoms with Crippen molar-refractivity contribution in [2.24, 2.45) is 10.7 Å². The number of hydrogen-bond donors (Lipinski definition) is 3. The van der Waals surface area contributed by atoms with Gasteiger partial charge >= 0.3 is 0 Å². The van der Waals surface area contributed by atoms with E-state index in [1.165, 1.54) is 17.8 Å². The monoisotopic (exact) mass is 197 g/mol. The van der Waals surface area contributed by atoms with Crippen LogP contribution in [0, 0.1) is 0 Å². The topological polar surface area (TPSA) is 105 Å². The van der Waals surface area contributed by atoms with Crippen molar-refractivity contribution in [1.82, 2.24) is 5.48 Å². The van der Waals surface area contributed by atoms with Crippen LogP contribution in [0.5, 0.6) is 0 Å². The summed E-state index contributed by atoms with van der Waals surface area (Å²) in [4.78, 5) is 25.7. The summed E-state index contributed by atoms with van der Waals surface area (Å²) in [5.74, 6) is -0.759. The minimum atomic E-state index is -0.894. The maximum absolute atomic E-state index is 10.9. The second kappa shape index (κ2) is 4.64. The van der Waals surface area contributed by atoms with Gasteiger partial charge in [-0.15, -0.1) is 0 Å². The molecule has 1 atom stereocenters. The van der Waals surface area contributed by atoms with Crippen molar-refractivity contribution >= 4 is 17.9 Å². The Morgan fingerprint density at radius 3 is 3.07 bits per heavy atom. The smallest absolute Gasteiger partial charge is 0.260 e. The van der Waals surface area contributed by atoms with Crippen molar-refractivity contribution in [3.8, 4) is 0 Å². The molecule has 0 aliphatic carbocycles. The summed E-state index contributed by atoms with van der Waals surface area (Å²) in [5, 5.41) is 8.28. The second-order valence-electron chi connectivity index (χ2n) is 2.90. The fourth-order valence-corrected chi connectivity index (χ4v) is 1.05. The fourth-order valence-electron chi connectivity index (χ4n) is 1.05. The molecule has 0 radical (unpaired) electrons.